The van der Waals surface area contributed by atoms with E-state index in [1.807, 2.05) is 6.92 Å². The van der Waals surface area contributed by atoms with E-state index in [4.69, 9.17) is 10.5 Å². The van der Waals surface area contributed by atoms with Crippen molar-refractivity contribution in [3.8, 4) is 0 Å². The Balaban J connectivity index is 3.86. The van der Waals surface area contributed by atoms with Crippen LogP contribution >= 0.6 is 0 Å². The van der Waals surface area contributed by atoms with Crippen LogP contribution in [0.3, 0.4) is 0 Å². The maximum Gasteiger partial charge on any atom is 0.185 e. The van der Waals surface area contributed by atoms with Crippen LogP contribution < -0.4 is 5.73 Å². The molecule has 0 bridgehead atoms. The zero-order chi connectivity index (χ0) is 9.56. The number of rotatable bonds is 4. The third-order valence-corrected chi connectivity index (χ3v) is 1.29. The molecule has 0 spiro atoms. The first kappa shape index (κ1) is 11.0. The molecular weight excluding hydrogens is 152 g/mol. The molecule has 70 valence electrons. The molecule has 0 aromatic carbocycles. The molecule has 0 amide bonds. The lowest BCUT2D eigenvalue weighted by Crippen LogP contribution is -2.09. The van der Waals surface area contributed by atoms with E-state index in [9.17, 15) is 0 Å². The standard InChI is InChI=1S/C9H18N2O/c1-7(2)6-12-9(10)5-8(3)11-4/h5,7H,6,10H2,1-4H3. The first-order chi connectivity index (χ1) is 5.56. The average Bonchev–Trinajstić information content (AvgIpc) is 2.00. The van der Waals surface area contributed by atoms with Gasteiger partial charge in [-0.1, -0.05) is 13.8 Å². The molecule has 0 heterocycles. The number of ether oxygens (including phenoxy) is 1. The smallest absolute Gasteiger partial charge is 0.185 e. The lowest BCUT2D eigenvalue weighted by molar-refractivity contribution is 0.177. The van der Waals surface area contributed by atoms with Crippen LogP contribution in [0, 0.1) is 5.92 Å². The van der Waals surface area contributed by atoms with Gasteiger partial charge in [0.1, 0.15) is 0 Å². The quantitative estimate of drug-likeness (QED) is 0.514. The first-order valence-electron chi connectivity index (χ1n) is 4.09. The highest BCUT2D eigenvalue weighted by Gasteiger charge is 1.95. The highest BCUT2D eigenvalue weighted by atomic mass is 16.5. The van der Waals surface area contributed by atoms with Crippen molar-refractivity contribution in [2.45, 2.75) is 20.8 Å². The van der Waals surface area contributed by atoms with Gasteiger partial charge in [0, 0.05) is 18.8 Å². The SMILES string of the molecule is CN=C(C)C=C(N)OCC(C)C. The second kappa shape index (κ2) is 5.63. The number of allylic oxidation sites excluding steroid dienone is 1. The van der Waals surface area contributed by atoms with E-state index in [-0.39, 0.29) is 0 Å². The van der Waals surface area contributed by atoms with Gasteiger partial charge in [0.15, 0.2) is 5.88 Å². The van der Waals surface area contributed by atoms with Crippen LogP contribution in [0.5, 0.6) is 0 Å². The number of hydrogen-bond donors (Lipinski definition) is 1. The molecule has 0 saturated carbocycles. The van der Waals surface area contributed by atoms with E-state index in [1.54, 1.807) is 13.1 Å². The summed E-state index contributed by atoms with van der Waals surface area (Å²) in [6, 6.07) is 0. The Labute approximate surface area is 74.3 Å². The highest BCUT2D eigenvalue weighted by molar-refractivity contribution is 5.92. The van der Waals surface area contributed by atoms with Crippen LogP contribution in [0.4, 0.5) is 0 Å². The molecule has 0 saturated heterocycles. The van der Waals surface area contributed by atoms with Gasteiger partial charge in [0.25, 0.3) is 0 Å². The van der Waals surface area contributed by atoms with Crippen molar-refractivity contribution in [3.63, 3.8) is 0 Å². The first-order valence-corrected chi connectivity index (χ1v) is 4.09. The Bertz CT molecular complexity index is 183. The van der Waals surface area contributed by atoms with Crippen molar-refractivity contribution in [3.05, 3.63) is 12.0 Å². The van der Waals surface area contributed by atoms with E-state index in [2.05, 4.69) is 18.8 Å². The Hall–Kier alpha value is -0.990. The van der Waals surface area contributed by atoms with Crippen LogP contribution in [-0.2, 0) is 4.74 Å². The second-order valence-corrected chi connectivity index (χ2v) is 3.12. The summed E-state index contributed by atoms with van der Waals surface area (Å²) in [4.78, 5) is 3.94. The number of nitrogens with two attached hydrogens (primary N) is 1. The molecule has 0 fully saturated rings. The van der Waals surface area contributed by atoms with Crippen LogP contribution in [0.25, 0.3) is 0 Å². The second-order valence-electron chi connectivity index (χ2n) is 3.12. The van der Waals surface area contributed by atoms with Gasteiger partial charge < -0.3 is 10.5 Å². The van der Waals surface area contributed by atoms with Gasteiger partial charge in [-0.3, -0.25) is 4.99 Å². The molecule has 0 aliphatic carbocycles. The van der Waals surface area contributed by atoms with Crippen molar-refractivity contribution >= 4 is 5.71 Å². The Morgan fingerprint density at radius 3 is 2.58 bits per heavy atom. The van der Waals surface area contributed by atoms with Gasteiger partial charge in [0.05, 0.1) is 6.61 Å². The van der Waals surface area contributed by atoms with E-state index >= 15 is 0 Å². The molecule has 0 radical (unpaired) electrons. The van der Waals surface area contributed by atoms with Gasteiger partial charge in [-0.25, -0.2) is 0 Å². The zero-order valence-electron chi connectivity index (χ0n) is 8.29. The minimum atomic E-state index is 0.437. The fourth-order valence-corrected chi connectivity index (χ4v) is 0.575. The summed E-state index contributed by atoms with van der Waals surface area (Å²) in [5.74, 6) is 0.933. The normalized spacial score (nSPS) is 13.8. The number of hydrogen-bond acceptors (Lipinski definition) is 3. The number of nitrogens with zero attached hydrogens (tertiary/aromatic N) is 1. The van der Waals surface area contributed by atoms with Gasteiger partial charge in [-0.15, -0.1) is 0 Å². The highest BCUT2D eigenvalue weighted by Crippen LogP contribution is 1.96. The van der Waals surface area contributed by atoms with E-state index < -0.39 is 0 Å². The molecule has 0 rings (SSSR count). The minimum absolute atomic E-state index is 0.437. The molecular formula is C9H18N2O. The summed E-state index contributed by atoms with van der Waals surface area (Å²) < 4.78 is 5.23. The van der Waals surface area contributed by atoms with Gasteiger partial charge in [-0.05, 0) is 12.8 Å². The van der Waals surface area contributed by atoms with Crippen molar-refractivity contribution in [1.82, 2.24) is 0 Å². The maximum absolute atomic E-state index is 5.56. The number of aliphatic imine (C=N–C) groups is 1. The largest absolute Gasteiger partial charge is 0.479 e. The average molecular weight is 170 g/mol. The minimum Gasteiger partial charge on any atom is -0.479 e. The molecule has 3 nitrogen and oxygen atoms in total. The molecule has 0 aromatic rings. The molecule has 0 atom stereocenters. The molecule has 12 heavy (non-hydrogen) atoms. The van der Waals surface area contributed by atoms with Crippen LogP contribution in [0.15, 0.2) is 17.0 Å². The van der Waals surface area contributed by atoms with Crippen LogP contribution in [0.1, 0.15) is 20.8 Å². The molecule has 0 aromatic heterocycles. The summed E-state index contributed by atoms with van der Waals surface area (Å²) in [7, 11) is 1.72. The van der Waals surface area contributed by atoms with Gasteiger partial charge in [-0.2, -0.15) is 0 Å². The van der Waals surface area contributed by atoms with Crippen molar-refractivity contribution in [1.29, 1.82) is 0 Å². The van der Waals surface area contributed by atoms with Crippen LogP contribution in [0.2, 0.25) is 0 Å². The Kier molecular flexibility index (Phi) is 5.17. The topological polar surface area (TPSA) is 47.6 Å². The Morgan fingerprint density at radius 2 is 2.17 bits per heavy atom. The predicted octanol–water partition coefficient (Wildman–Crippen LogP) is 1.55. The monoisotopic (exact) mass is 170 g/mol. The van der Waals surface area contributed by atoms with E-state index in [0.29, 0.717) is 18.4 Å². The summed E-state index contributed by atoms with van der Waals surface area (Å²) in [5.41, 5.74) is 6.43. The fourth-order valence-electron chi connectivity index (χ4n) is 0.575. The third-order valence-electron chi connectivity index (χ3n) is 1.29. The molecule has 0 aliphatic rings. The lowest BCUT2D eigenvalue weighted by atomic mass is 10.2. The molecule has 3 heteroatoms. The summed E-state index contributed by atoms with van der Waals surface area (Å²) in [6.07, 6.45) is 1.72. The Morgan fingerprint density at radius 1 is 1.58 bits per heavy atom. The molecule has 0 unspecified atom stereocenters. The van der Waals surface area contributed by atoms with Crippen molar-refractivity contribution in [2.24, 2.45) is 16.6 Å². The van der Waals surface area contributed by atoms with Crippen molar-refractivity contribution < 1.29 is 4.74 Å². The van der Waals surface area contributed by atoms with Gasteiger partial charge in [0.2, 0.25) is 0 Å². The van der Waals surface area contributed by atoms with E-state index in [1.165, 1.54) is 0 Å². The summed E-state index contributed by atoms with van der Waals surface area (Å²) in [5, 5.41) is 0. The summed E-state index contributed by atoms with van der Waals surface area (Å²) in [6.45, 7) is 6.69. The predicted molar refractivity (Wildman–Crippen MR) is 52.1 cm³/mol. The van der Waals surface area contributed by atoms with Crippen molar-refractivity contribution in [2.75, 3.05) is 13.7 Å². The van der Waals surface area contributed by atoms with Gasteiger partial charge >= 0.3 is 0 Å². The summed E-state index contributed by atoms with van der Waals surface area (Å²) >= 11 is 0. The fraction of sp³-hybridized carbons (Fsp3) is 0.667. The molecule has 2 N–H and O–H groups in total. The third kappa shape index (κ3) is 5.77. The molecule has 0 aliphatic heterocycles. The van der Waals surface area contributed by atoms with Crippen LogP contribution in [-0.4, -0.2) is 19.4 Å². The maximum atomic E-state index is 5.56. The zero-order valence-corrected chi connectivity index (χ0v) is 8.29. The lowest BCUT2D eigenvalue weighted by Gasteiger charge is -2.07. The van der Waals surface area contributed by atoms with E-state index in [0.717, 1.165) is 5.71 Å².